The van der Waals surface area contributed by atoms with Crippen LogP contribution in [0.4, 0.5) is 11.4 Å². The lowest BCUT2D eigenvalue weighted by Crippen LogP contribution is -2.04. The number of esters is 1. The van der Waals surface area contributed by atoms with E-state index in [9.17, 15) is 10.1 Å². The van der Waals surface area contributed by atoms with E-state index in [0.717, 1.165) is 5.69 Å². The second kappa shape index (κ2) is 8.55. The number of nitrogens with one attached hydrogen (secondary N) is 1. The Bertz CT molecular complexity index is 1270. The number of aromatic nitrogens is 3. The SMILES string of the molecule is CCOC(=O)c1cn2ncc(C#N)c(Nc3ccc(Oc4cccnc4)cc3)c2c1C. The Morgan fingerprint density at radius 3 is 2.68 bits per heavy atom. The van der Waals surface area contributed by atoms with Gasteiger partial charge in [-0.2, -0.15) is 10.4 Å². The fourth-order valence-electron chi connectivity index (χ4n) is 3.21. The molecule has 8 heteroatoms. The Morgan fingerprint density at radius 2 is 2.00 bits per heavy atom. The van der Waals surface area contributed by atoms with Crippen molar-refractivity contribution in [1.29, 1.82) is 5.26 Å². The minimum Gasteiger partial charge on any atom is -0.462 e. The zero-order valence-electron chi connectivity index (χ0n) is 17.0. The van der Waals surface area contributed by atoms with Gasteiger partial charge in [-0.1, -0.05) is 0 Å². The van der Waals surface area contributed by atoms with Gasteiger partial charge in [-0.3, -0.25) is 4.98 Å². The summed E-state index contributed by atoms with van der Waals surface area (Å²) >= 11 is 0. The quantitative estimate of drug-likeness (QED) is 0.460. The van der Waals surface area contributed by atoms with E-state index >= 15 is 0 Å². The van der Waals surface area contributed by atoms with Crippen LogP contribution in [0.1, 0.15) is 28.4 Å². The molecule has 0 bridgehead atoms. The van der Waals surface area contributed by atoms with Crippen molar-refractivity contribution in [1.82, 2.24) is 14.6 Å². The number of nitrogens with zero attached hydrogens (tertiary/aromatic N) is 4. The van der Waals surface area contributed by atoms with Gasteiger partial charge in [-0.05, 0) is 55.8 Å². The third kappa shape index (κ3) is 4.02. The van der Waals surface area contributed by atoms with E-state index in [1.54, 1.807) is 43.0 Å². The third-order valence-corrected chi connectivity index (χ3v) is 4.67. The first-order chi connectivity index (χ1) is 15.1. The number of hydrogen-bond acceptors (Lipinski definition) is 7. The zero-order valence-corrected chi connectivity index (χ0v) is 17.0. The van der Waals surface area contributed by atoms with Crippen LogP contribution in [0.2, 0.25) is 0 Å². The van der Waals surface area contributed by atoms with Crippen molar-refractivity contribution in [2.75, 3.05) is 11.9 Å². The van der Waals surface area contributed by atoms with Crippen LogP contribution in [0.3, 0.4) is 0 Å². The molecule has 1 aromatic carbocycles. The van der Waals surface area contributed by atoms with E-state index in [4.69, 9.17) is 9.47 Å². The van der Waals surface area contributed by atoms with Crippen LogP contribution in [0.5, 0.6) is 11.5 Å². The summed E-state index contributed by atoms with van der Waals surface area (Å²) in [6.07, 6.45) is 6.39. The van der Waals surface area contributed by atoms with Gasteiger partial charge in [0.1, 0.15) is 17.6 Å². The molecular weight excluding hydrogens is 394 g/mol. The zero-order chi connectivity index (χ0) is 21.8. The molecule has 1 N–H and O–H groups in total. The van der Waals surface area contributed by atoms with Crippen molar-refractivity contribution in [3.8, 4) is 17.6 Å². The lowest BCUT2D eigenvalue weighted by Gasteiger charge is -2.12. The van der Waals surface area contributed by atoms with Crippen LogP contribution in [0.15, 0.2) is 61.2 Å². The number of fused-ring (bicyclic) bond motifs is 1. The molecule has 0 saturated heterocycles. The van der Waals surface area contributed by atoms with Crippen molar-refractivity contribution in [3.63, 3.8) is 0 Å². The monoisotopic (exact) mass is 413 g/mol. The molecule has 4 rings (SSSR count). The summed E-state index contributed by atoms with van der Waals surface area (Å²) in [6.45, 7) is 3.84. The maximum atomic E-state index is 12.3. The second-order valence-electron chi connectivity index (χ2n) is 6.67. The molecular formula is C23H19N5O3. The Balaban J connectivity index is 1.67. The molecule has 4 aromatic rings. The van der Waals surface area contributed by atoms with Crippen molar-refractivity contribution >= 4 is 22.9 Å². The summed E-state index contributed by atoms with van der Waals surface area (Å²) in [4.78, 5) is 16.3. The maximum absolute atomic E-state index is 12.3. The second-order valence-corrected chi connectivity index (χ2v) is 6.67. The topological polar surface area (TPSA) is 102 Å². The number of pyridine rings is 1. The minimum absolute atomic E-state index is 0.278. The van der Waals surface area contributed by atoms with E-state index in [1.807, 2.05) is 30.3 Å². The molecule has 0 amide bonds. The van der Waals surface area contributed by atoms with Gasteiger partial charge in [0.25, 0.3) is 0 Å². The number of ether oxygens (including phenoxy) is 2. The molecule has 0 spiro atoms. The lowest BCUT2D eigenvalue weighted by atomic mass is 10.1. The van der Waals surface area contributed by atoms with Gasteiger partial charge >= 0.3 is 5.97 Å². The number of carbonyl (C=O) groups is 1. The Labute approximate surface area is 178 Å². The highest BCUT2D eigenvalue weighted by Gasteiger charge is 2.20. The summed E-state index contributed by atoms with van der Waals surface area (Å²) < 4.78 is 12.5. The highest BCUT2D eigenvalue weighted by Crippen LogP contribution is 2.31. The average molecular weight is 413 g/mol. The molecule has 3 heterocycles. The molecule has 154 valence electrons. The van der Waals surface area contributed by atoms with Gasteiger partial charge in [0.15, 0.2) is 0 Å². The molecule has 0 radical (unpaired) electrons. The van der Waals surface area contributed by atoms with Gasteiger partial charge in [0.05, 0.1) is 41.3 Å². The summed E-state index contributed by atoms with van der Waals surface area (Å²) in [7, 11) is 0. The summed E-state index contributed by atoms with van der Waals surface area (Å²) in [5.41, 5.74) is 3.40. The first-order valence-electron chi connectivity index (χ1n) is 9.64. The third-order valence-electron chi connectivity index (χ3n) is 4.67. The first kappa shape index (κ1) is 19.9. The number of carbonyl (C=O) groups excluding carboxylic acids is 1. The van der Waals surface area contributed by atoms with E-state index in [1.165, 1.54) is 6.20 Å². The Morgan fingerprint density at radius 1 is 1.19 bits per heavy atom. The predicted molar refractivity (Wildman–Crippen MR) is 115 cm³/mol. The molecule has 8 nitrogen and oxygen atoms in total. The van der Waals surface area contributed by atoms with Crippen LogP contribution in [0, 0.1) is 18.3 Å². The standard InChI is InChI=1S/C23H19N5O3/c1-3-30-23(29)20-14-28-22(15(20)2)21(16(11-24)12-26-28)27-17-6-8-18(9-7-17)31-19-5-4-10-25-13-19/h4-10,12-14,27H,3H2,1-2H3. The highest BCUT2D eigenvalue weighted by atomic mass is 16.5. The van der Waals surface area contributed by atoms with Gasteiger partial charge in [0, 0.05) is 18.1 Å². The number of nitriles is 1. The summed E-state index contributed by atoms with van der Waals surface area (Å²) in [5, 5.41) is 17.1. The van der Waals surface area contributed by atoms with E-state index in [2.05, 4.69) is 21.5 Å². The number of aryl methyl sites for hydroxylation is 1. The summed E-state index contributed by atoms with van der Waals surface area (Å²) in [6, 6.07) is 13.1. The molecule has 0 aliphatic carbocycles. The molecule has 0 atom stereocenters. The largest absolute Gasteiger partial charge is 0.462 e. The number of benzene rings is 1. The molecule has 31 heavy (non-hydrogen) atoms. The number of rotatable bonds is 6. The molecule has 0 saturated carbocycles. The van der Waals surface area contributed by atoms with E-state index in [-0.39, 0.29) is 6.61 Å². The minimum atomic E-state index is -0.424. The molecule has 0 unspecified atom stereocenters. The van der Waals surface area contributed by atoms with Crippen LogP contribution >= 0.6 is 0 Å². The maximum Gasteiger partial charge on any atom is 0.340 e. The molecule has 3 aromatic heterocycles. The Kier molecular flexibility index (Phi) is 5.49. The average Bonchev–Trinajstić information content (AvgIpc) is 3.13. The fourth-order valence-corrected chi connectivity index (χ4v) is 3.21. The number of hydrogen-bond donors (Lipinski definition) is 1. The lowest BCUT2D eigenvalue weighted by molar-refractivity contribution is 0.0525. The van der Waals surface area contributed by atoms with E-state index in [0.29, 0.717) is 39.4 Å². The molecule has 0 aliphatic heterocycles. The molecule has 0 fully saturated rings. The first-order valence-corrected chi connectivity index (χ1v) is 9.64. The van der Waals surface area contributed by atoms with Crippen molar-refractivity contribution in [2.45, 2.75) is 13.8 Å². The predicted octanol–water partition coefficient (Wildman–Crippen LogP) is 4.62. The highest BCUT2D eigenvalue weighted by molar-refractivity contribution is 5.97. The van der Waals surface area contributed by atoms with Crippen molar-refractivity contribution < 1.29 is 14.3 Å². The fraction of sp³-hybridized carbons (Fsp3) is 0.130. The number of anilines is 2. The van der Waals surface area contributed by atoms with Crippen LogP contribution in [-0.2, 0) is 4.74 Å². The van der Waals surface area contributed by atoms with Crippen LogP contribution in [0.25, 0.3) is 5.52 Å². The van der Waals surface area contributed by atoms with E-state index < -0.39 is 5.97 Å². The van der Waals surface area contributed by atoms with Gasteiger partial charge < -0.3 is 14.8 Å². The van der Waals surface area contributed by atoms with Crippen molar-refractivity contribution in [3.05, 3.63) is 77.9 Å². The van der Waals surface area contributed by atoms with Crippen LogP contribution < -0.4 is 10.1 Å². The van der Waals surface area contributed by atoms with Crippen molar-refractivity contribution in [2.24, 2.45) is 0 Å². The van der Waals surface area contributed by atoms with Crippen LogP contribution in [-0.4, -0.2) is 27.2 Å². The van der Waals surface area contributed by atoms with Gasteiger partial charge in [-0.25, -0.2) is 9.31 Å². The Hall–Kier alpha value is -4.38. The normalized spacial score (nSPS) is 10.5. The molecule has 0 aliphatic rings. The summed E-state index contributed by atoms with van der Waals surface area (Å²) in [5.74, 6) is 0.871. The van der Waals surface area contributed by atoms with Gasteiger partial charge in [-0.15, -0.1) is 0 Å². The van der Waals surface area contributed by atoms with Gasteiger partial charge in [0.2, 0.25) is 0 Å². The smallest absolute Gasteiger partial charge is 0.340 e.